The maximum atomic E-state index is 12.6. The molecular formula is C19H25N3O3. The monoisotopic (exact) mass is 343 g/mol. The molecule has 134 valence electrons. The molecule has 2 aliphatic rings. The first-order valence-corrected chi connectivity index (χ1v) is 8.99. The summed E-state index contributed by atoms with van der Waals surface area (Å²) in [5.41, 5.74) is 2.06. The summed E-state index contributed by atoms with van der Waals surface area (Å²) < 4.78 is 11.6. The molecule has 6 heteroatoms. The minimum Gasteiger partial charge on any atom is -0.378 e. The van der Waals surface area contributed by atoms with Crippen molar-refractivity contribution in [3.63, 3.8) is 0 Å². The van der Waals surface area contributed by atoms with Gasteiger partial charge >= 0.3 is 6.03 Å². The van der Waals surface area contributed by atoms with Crippen LogP contribution in [-0.2, 0) is 15.9 Å². The highest BCUT2D eigenvalue weighted by atomic mass is 16.6. The number of fused-ring (bicyclic) bond motifs is 1. The third kappa shape index (κ3) is 3.37. The number of ether oxygens (including phenoxy) is 2. The van der Waals surface area contributed by atoms with E-state index in [1.165, 1.54) is 10.9 Å². The highest BCUT2D eigenvalue weighted by molar-refractivity contribution is 5.83. The van der Waals surface area contributed by atoms with Crippen molar-refractivity contribution in [2.75, 3.05) is 32.8 Å². The topological polar surface area (TPSA) is 66.6 Å². The molecule has 4 rings (SSSR count). The van der Waals surface area contributed by atoms with Crippen LogP contribution in [0.25, 0.3) is 10.9 Å². The van der Waals surface area contributed by atoms with Crippen LogP contribution >= 0.6 is 0 Å². The lowest BCUT2D eigenvalue weighted by atomic mass is 9.99. The molecule has 6 nitrogen and oxygen atoms in total. The highest BCUT2D eigenvalue weighted by Crippen LogP contribution is 2.30. The van der Waals surface area contributed by atoms with Gasteiger partial charge in [-0.25, -0.2) is 4.79 Å². The molecule has 2 saturated heterocycles. The van der Waals surface area contributed by atoms with E-state index in [1.54, 1.807) is 0 Å². The third-order valence-electron chi connectivity index (χ3n) is 5.12. The number of nitrogens with zero attached hydrogens (tertiary/aromatic N) is 1. The summed E-state index contributed by atoms with van der Waals surface area (Å²) >= 11 is 0. The lowest BCUT2D eigenvalue weighted by Crippen LogP contribution is -2.59. The number of carbonyl (C=O) groups is 1. The smallest absolute Gasteiger partial charge is 0.317 e. The number of rotatable bonds is 3. The molecule has 1 aromatic heterocycles. The number of nitrogens with one attached hydrogen (secondary N) is 2. The van der Waals surface area contributed by atoms with Gasteiger partial charge in [0.1, 0.15) is 5.60 Å². The van der Waals surface area contributed by atoms with E-state index in [4.69, 9.17) is 9.47 Å². The number of benzene rings is 1. The zero-order valence-electron chi connectivity index (χ0n) is 14.6. The molecule has 0 unspecified atom stereocenters. The Balaban J connectivity index is 1.35. The second-order valence-corrected chi connectivity index (χ2v) is 7.13. The van der Waals surface area contributed by atoms with Crippen molar-refractivity contribution in [2.24, 2.45) is 0 Å². The van der Waals surface area contributed by atoms with E-state index in [0.717, 1.165) is 18.4 Å². The number of carbonyl (C=O) groups excluding carboxylic acids is 1. The standard InChI is InChI=1S/C19H25N3O3/c1-14-11-22(12-19(25-14)7-10-24-13-19)18(23)21-8-5-15-3-2-4-17-16(15)6-9-20-17/h2-4,6,9,14,20H,5,7-8,10-13H2,1H3,(H,21,23)/t14-,19+/m1/s1. The first-order chi connectivity index (χ1) is 12.2. The van der Waals surface area contributed by atoms with Crippen LogP contribution in [-0.4, -0.2) is 60.5 Å². The zero-order chi connectivity index (χ0) is 17.3. The summed E-state index contributed by atoms with van der Waals surface area (Å²) in [6, 6.07) is 8.30. The third-order valence-corrected chi connectivity index (χ3v) is 5.12. The number of aromatic nitrogens is 1. The Morgan fingerprint density at radius 1 is 1.44 bits per heavy atom. The molecule has 2 N–H and O–H groups in total. The van der Waals surface area contributed by atoms with Crippen molar-refractivity contribution in [2.45, 2.75) is 31.5 Å². The van der Waals surface area contributed by atoms with E-state index in [1.807, 2.05) is 24.1 Å². The summed E-state index contributed by atoms with van der Waals surface area (Å²) in [5, 5.41) is 4.29. The van der Waals surface area contributed by atoms with Gasteiger partial charge in [0, 0.05) is 43.2 Å². The number of hydrogen-bond donors (Lipinski definition) is 2. The van der Waals surface area contributed by atoms with Gasteiger partial charge in [-0.3, -0.25) is 0 Å². The fourth-order valence-corrected chi connectivity index (χ4v) is 3.97. The van der Waals surface area contributed by atoms with Gasteiger partial charge in [-0.2, -0.15) is 0 Å². The second kappa shape index (κ2) is 6.69. The van der Waals surface area contributed by atoms with Gasteiger partial charge in [-0.15, -0.1) is 0 Å². The molecule has 2 fully saturated rings. The summed E-state index contributed by atoms with van der Waals surface area (Å²) in [5.74, 6) is 0. The van der Waals surface area contributed by atoms with E-state index >= 15 is 0 Å². The van der Waals surface area contributed by atoms with Crippen LogP contribution in [0.4, 0.5) is 4.79 Å². The second-order valence-electron chi connectivity index (χ2n) is 7.13. The van der Waals surface area contributed by atoms with Gasteiger partial charge in [0.2, 0.25) is 0 Å². The molecule has 2 aromatic rings. The van der Waals surface area contributed by atoms with Crippen LogP contribution < -0.4 is 5.32 Å². The molecule has 0 aliphatic carbocycles. The molecular weight excluding hydrogens is 318 g/mol. The minimum absolute atomic E-state index is 0.0114. The molecule has 1 spiro atoms. The predicted octanol–water partition coefficient (Wildman–Crippen LogP) is 2.30. The lowest BCUT2D eigenvalue weighted by Gasteiger charge is -2.42. The van der Waals surface area contributed by atoms with Gasteiger partial charge < -0.3 is 24.7 Å². The van der Waals surface area contributed by atoms with Gasteiger partial charge in [0.25, 0.3) is 0 Å². The van der Waals surface area contributed by atoms with E-state index < -0.39 is 0 Å². The Morgan fingerprint density at radius 2 is 2.36 bits per heavy atom. The zero-order valence-corrected chi connectivity index (χ0v) is 14.6. The number of hydrogen-bond acceptors (Lipinski definition) is 3. The molecule has 25 heavy (non-hydrogen) atoms. The van der Waals surface area contributed by atoms with E-state index in [0.29, 0.717) is 32.8 Å². The maximum Gasteiger partial charge on any atom is 0.317 e. The normalized spacial score (nSPS) is 26.4. The molecule has 0 bridgehead atoms. The molecule has 2 aliphatic heterocycles. The number of aromatic amines is 1. The first kappa shape index (κ1) is 16.4. The molecule has 2 atom stereocenters. The van der Waals surface area contributed by atoms with Crippen LogP contribution in [0.1, 0.15) is 18.9 Å². The van der Waals surface area contributed by atoms with Crippen molar-refractivity contribution in [1.82, 2.24) is 15.2 Å². The van der Waals surface area contributed by atoms with Crippen molar-refractivity contribution >= 4 is 16.9 Å². The van der Waals surface area contributed by atoms with Gasteiger partial charge in [-0.05, 0) is 31.0 Å². The van der Waals surface area contributed by atoms with Gasteiger partial charge in [0.05, 0.1) is 19.3 Å². The number of amides is 2. The molecule has 2 amide bonds. The molecule has 3 heterocycles. The first-order valence-electron chi connectivity index (χ1n) is 8.99. The van der Waals surface area contributed by atoms with Crippen molar-refractivity contribution in [1.29, 1.82) is 0 Å². The average Bonchev–Trinajstić information content (AvgIpc) is 3.24. The quantitative estimate of drug-likeness (QED) is 0.899. The van der Waals surface area contributed by atoms with Crippen molar-refractivity contribution in [3.05, 3.63) is 36.0 Å². The van der Waals surface area contributed by atoms with E-state index in [9.17, 15) is 4.79 Å². The van der Waals surface area contributed by atoms with Crippen LogP contribution in [0.2, 0.25) is 0 Å². The minimum atomic E-state index is -0.314. The Hall–Kier alpha value is -2.05. The Labute approximate surface area is 147 Å². The van der Waals surface area contributed by atoms with E-state index in [2.05, 4.69) is 28.5 Å². The van der Waals surface area contributed by atoms with Crippen molar-refractivity contribution in [3.8, 4) is 0 Å². The SMILES string of the molecule is C[C@@H]1CN(C(=O)NCCc2cccc3[nH]ccc23)C[C@]2(CCOC2)O1. The van der Waals surface area contributed by atoms with Gasteiger partial charge in [0.15, 0.2) is 0 Å². The lowest BCUT2D eigenvalue weighted by molar-refractivity contribution is -0.137. The summed E-state index contributed by atoms with van der Waals surface area (Å²) in [6.45, 7) is 5.17. The van der Waals surface area contributed by atoms with Crippen LogP contribution in [0.5, 0.6) is 0 Å². The highest BCUT2D eigenvalue weighted by Gasteiger charge is 2.43. The van der Waals surface area contributed by atoms with Gasteiger partial charge in [-0.1, -0.05) is 12.1 Å². The number of urea groups is 1. The Morgan fingerprint density at radius 3 is 3.20 bits per heavy atom. The molecule has 0 saturated carbocycles. The van der Waals surface area contributed by atoms with Crippen molar-refractivity contribution < 1.29 is 14.3 Å². The number of morpholine rings is 1. The maximum absolute atomic E-state index is 12.6. The Kier molecular flexibility index (Phi) is 4.39. The fourth-order valence-electron chi connectivity index (χ4n) is 3.97. The summed E-state index contributed by atoms with van der Waals surface area (Å²) in [4.78, 5) is 17.7. The molecule has 0 radical (unpaired) electrons. The predicted molar refractivity (Wildman–Crippen MR) is 95.7 cm³/mol. The van der Waals surface area contributed by atoms with Crippen LogP contribution in [0.15, 0.2) is 30.5 Å². The fraction of sp³-hybridized carbons (Fsp3) is 0.526. The largest absolute Gasteiger partial charge is 0.378 e. The molecule has 1 aromatic carbocycles. The van der Waals surface area contributed by atoms with Crippen LogP contribution in [0, 0.1) is 0 Å². The summed E-state index contributed by atoms with van der Waals surface area (Å²) in [7, 11) is 0. The Bertz CT molecular complexity index is 751. The summed E-state index contributed by atoms with van der Waals surface area (Å²) in [6.07, 6.45) is 3.66. The van der Waals surface area contributed by atoms with E-state index in [-0.39, 0.29) is 17.7 Å². The average molecular weight is 343 g/mol. The van der Waals surface area contributed by atoms with Crippen LogP contribution in [0.3, 0.4) is 0 Å². The number of H-pyrrole nitrogens is 1.